The van der Waals surface area contributed by atoms with E-state index in [0.29, 0.717) is 19.8 Å². The number of nitrogens with zero attached hydrogens (tertiary/aromatic N) is 2. The molecule has 1 aliphatic rings. The van der Waals surface area contributed by atoms with Crippen molar-refractivity contribution >= 4 is 5.71 Å². The van der Waals surface area contributed by atoms with Gasteiger partial charge in [0.1, 0.15) is 12.3 Å². The molecule has 2 rings (SSSR count). The van der Waals surface area contributed by atoms with Gasteiger partial charge in [-0.1, -0.05) is 29.4 Å². The van der Waals surface area contributed by atoms with Crippen LogP contribution in [-0.4, -0.2) is 44.5 Å². The van der Waals surface area contributed by atoms with Crippen LogP contribution in [0.1, 0.15) is 11.1 Å². The van der Waals surface area contributed by atoms with Gasteiger partial charge in [0, 0.05) is 12.1 Å². The predicted octanol–water partition coefficient (Wildman–Crippen LogP) is 1.50. The molecule has 0 aliphatic carbocycles. The second kappa shape index (κ2) is 5.80. The monoisotopic (exact) mass is 234 g/mol. The Morgan fingerprint density at radius 2 is 2.12 bits per heavy atom. The van der Waals surface area contributed by atoms with E-state index in [1.807, 2.05) is 26.2 Å². The van der Waals surface area contributed by atoms with Crippen LogP contribution in [0.5, 0.6) is 0 Å². The normalized spacial score (nSPS) is 17.2. The molecular formula is C13H18N2O2. The van der Waals surface area contributed by atoms with E-state index in [2.05, 4.69) is 22.2 Å². The molecule has 0 spiro atoms. The maximum Gasteiger partial charge on any atom is 0.129 e. The number of likely N-dealkylation sites (N-methyl/N-ethyl adjacent to an activating group) is 1. The van der Waals surface area contributed by atoms with Crippen LogP contribution in [0, 0.1) is 0 Å². The maximum absolute atomic E-state index is 5.47. The van der Waals surface area contributed by atoms with Crippen molar-refractivity contribution in [3.05, 3.63) is 35.4 Å². The molecule has 4 heteroatoms. The van der Waals surface area contributed by atoms with Crippen molar-refractivity contribution in [2.75, 3.05) is 33.9 Å². The average molecular weight is 234 g/mol. The van der Waals surface area contributed by atoms with E-state index >= 15 is 0 Å². The van der Waals surface area contributed by atoms with Crippen LogP contribution in [-0.2, 0) is 16.2 Å². The first-order valence-corrected chi connectivity index (χ1v) is 5.77. The zero-order valence-electron chi connectivity index (χ0n) is 10.3. The van der Waals surface area contributed by atoms with Gasteiger partial charge in [0.2, 0.25) is 0 Å². The number of hydrogen-bond donors (Lipinski definition) is 0. The van der Waals surface area contributed by atoms with Crippen molar-refractivity contribution in [3.8, 4) is 0 Å². The van der Waals surface area contributed by atoms with Crippen molar-refractivity contribution in [2.45, 2.75) is 6.61 Å². The Labute approximate surface area is 102 Å². The lowest BCUT2D eigenvalue weighted by molar-refractivity contribution is 0.115. The third kappa shape index (κ3) is 3.28. The van der Waals surface area contributed by atoms with Crippen molar-refractivity contribution in [1.29, 1.82) is 0 Å². The van der Waals surface area contributed by atoms with Crippen LogP contribution in [0.25, 0.3) is 0 Å². The summed E-state index contributed by atoms with van der Waals surface area (Å²) in [6, 6.07) is 8.15. The largest absolute Gasteiger partial charge is 0.394 e. The molecule has 17 heavy (non-hydrogen) atoms. The first-order chi connectivity index (χ1) is 8.27. The van der Waals surface area contributed by atoms with E-state index < -0.39 is 0 Å². The molecule has 0 atom stereocenters. The second-order valence-electron chi connectivity index (χ2n) is 4.32. The van der Waals surface area contributed by atoms with Gasteiger partial charge in [-0.15, -0.1) is 0 Å². The predicted molar refractivity (Wildman–Crippen MR) is 67.1 cm³/mol. The standard InChI is InChI=1S/C13H18N2O2/c1-15(2)7-8-17-14-13-10-16-9-11-5-3-4-6-12(11)13/h3-6H,7-10H2,1-2H3/b14-13+. The zero-order chi connectivity index (χ0) is 12.1. The first-order valence-electron chi connectivity index (χ1n) is 5.77. The average Bonchev–Trinajstić information content (AvgIpc) is 2.34. The zero-order valence-corrected chi connectivity index (χ0v) is 10.3. The van der Waals surface area contributed by atoms with E-state index in [0.717, 1.165) is 17.8 Å². The summed E-state index contributed by atoms with van der Waals surface area (Å²) >= 11 is 0. The van der Waals surface area contributed by atoms with E-state index in [9.17, 15) is 0 Å². The molecule has 0 N–H and O–H groups in total. The van der Waals surface area contributed by atoms with E-state index in [-0.39, 0.29) is 0 Å². The molecule has 0 amide bonds. The van der Waals surface area contributed by atoms with Crippen LogP contribution in [0.4, 0.5) is 0 Å². The molecule has 0 aromatic heterocycles. The van der Waals surface area contributed by atoms with E-state index in [4.69, 9.17) is 9.57 Å². The van der Waals surface area contributed by atoms with Gasteiger partial charge in [-0.25, -0.2) is 0 Å². The third-order valence-electron chi connectivity index (χ3n) is 2.63. The molecule has 1 heterocycles. The molecule has 0 fully saturated rings. The van der Waals surface area contributed by atoms with Gasteiger partial charge in [-0.2, -0.15) is 0 Å². The summed E-state index contributed by atoms with van der Waals surface area (Å²) in [5, 5.41) is 4.16. The maximum atomic E-state index is 5.47. The van der Waals surface area contributed by atoms with Gasteiger partial charge in [0.05, 0.1) is 13.2 Å². The topological polar surface area (TPSA) is 34.1 Å². The Kier molecular flexibility index (Phi) is 4.12. The second-order valence-corrected chi connectivity index (χ2v) is 4.32. The lowest BCUT2D eigenvalue weighted by atomic mass is 10.0. The van der Waals surface area contributed by atoms with Gasteiger partial charge in [0.25, 0.3) is 0 Å². The van der Waals surface area contributed by atoms with E-state index in [1.165, 1.54) is 5.56 Å². The summed E-state index contributed by atoms with van der Waals surface area (Å²) in [4.78, 5) is 7.37. The van der Waals surface area contributed by atoms with Crippen molar-refractivity contribution in [2.24, 2.45) is 5.16 Å². The number of hydrogen-bond acceptors (Lipinski definition) is 4. The summed E-state index contributed by atoms with van der Waals surface area (Å²) in [6.45, 7) is 2.64. The number of benzene rings is 1. The fourth-order valence-corrected chi connectivity index (χ4v) is 1.69. The molecular weight excluding hydrogens is 216 g/mol. The minimum absolute atomic E-state index is 0.527. The molecule has 0 bridgehead atoms. The highest BCUT2D eigenvalue weighted by molar-refractivity contribution is 6.03. The lowest BCUT2D eigenvalue weighted by Crippen LogP contribution is -2.21. The smallest absolute Gasteiger partial charge is 0.129 e. The summed E-state index contributed by atoms with van der Waals surface area (Å²) in [5.74, 6) is 0. The van der Waals surface area contributed by atoms with Gasteiger partial charge in [-0.3, -0.25) is 0 Å². The quantitative estimate of drug-likeness (QED) is 0.585. The molecule has 4 nitrogen and oxygen atoms in total. The molecule has 0 unspecified atom stereocenters. The molecule has 92 valence electrons. The van der Waals surface area contributed by atoms with Gasteiger partial charge in [0.15, 0.2) is 0 Å². The molecule has 1 aromatic carbocycles. The van der Waals surface area contributed by atoms with Crippen molar-refractivity contribution in [3.63, 3.8) is 0 Å². The summed E-state index contributed by atoms with van der Waals surface area (Å²) in [6.07, 6.45) is 0. The Bertz CT molecular complexity index is 402. The van der Waals surface area contributed by atoms with Crippen LogP contribution in [0.3, 0.4) is 0 Å². The number of oxime groups is 1. The Morgan fingerprint density at radius 3 is 2.94 bits per heavy atom. The van der Waals surface area contributed by atoms with Crippen LogP contribution in [0.15, 0.2) is 29.4 Å². The summed E-state index contributed by atoms with van der Waals surface area (Å²) in [5.41, 5.74) is 3.20. The Balaban J connectivity index is 2.00. The molecule has 1 aromatic rings. The Morgan fingerprint density at radius 1 is 1.29 bits per heavy atom. The number of fused-ring (bicyclic) bond motifs is 1. The van der Waals surface area contributed by atoms with Gasteiger partial charge >= 0.3 is 0 Å². The lowest BCUT2D eigenvalue weighted by Gasteiger charge is -2.17. The highest BCUT2D eigenvalue weighted by Gasteiger charge is 2.15. The Hall–Kier alpha value is -1.39. The summed E-state index contributed by atoms with van der Waals surface area (Å²) < 4.78 is 5.47. The third-order valence-corrected chi connectivity index (χ3v) is 2.63. The van der Waals surface area contributed by atoms with Crippen LogP contribution in [0.2, 0.25) is 0 Å². The molecule has 0 saturated heterocycles. The van der Waals surface area contributed by atoms with Crippen molar-refractivity contribution in [1.82, 2.24) is 4.90 Å². The molecule has 1 aliphatic heterocycles. The SMILES string of the molecule is CN(C)CCO/N=C1\COCc2ccccc21. The number of ether oxygens (including phenoxy) is 1. The van der Waals surface area contributed by atoms with Gasteiger partial charge in [-0.05, 0) is 19.7 Å². The molecule has 0 saturated carbocycles. The first kappa shape index (κ1) is 12.1. The summed E-state index contributed by atoms with van der Waals surface area (Å²) in [7, 11) is 4.02. The highest BCUT2D eigenvalue weighted by Crippen LogP contribution is 2.16. The molecule has 0 radical (unpaired) electrons. The fourth-order valence-electron chi connectivity index (χ4n) is 1.69. The minimum Gasteiger partial charge on any atom is -0.394 e. The van der Waals surface area contributed by atoms with Crippen LogP contribution < -0.4 is 0 Å². The highest BCUT2D eigenvalue weighted by atomic mass is 16.6. The van der Waals surface area contributed by atoms with Gasteiger partial charge < -0.3 is 14.5 Å². The minimum atomic E-state index is 0.527. The van der Waals surface area contributed by atoms with Crippen LogP contribution >= 0.6 is 0 Å². The van der Waals surface area contributed by atoms with E-state index in [1.54, 1.807) is 0 Å². The van der Waals surface area contributed by atoms with Crippen molar-refractivity contribution < 1.29 is 9.57 Å². The fraction of sp³-hybridized carbons (Fsp3) is 0.462. The number of rotatable bonds is 4.